The number of aromatic hydroxyl groups is 2. The lowest BCUT2D eigenvalue weighted by molar-refractivity contribution is -0.151. The molecule has 1 fully saturated rings. The smallest absolute Gasteiger partial charge is 0.246 e. The Morgan fingerprint density at radius 2 is 0.931 bits per heavy atom. The Morgan fingerprint density at radius 1 is 0.485 bits per heavy atom. The number of primary amides is 1. The molecule has 2 heterocycles. The SMILES string of the molecule is CC(C)[C@@H]1NC(=O)[C@H](CC=O)NC(=O)[C@@H](C)N(C)C(=O)[C@H](C)N(C)C(=O)[C@H](Cc2ccccc2)N(C)C(=O)[C@H](Cc2cc(F)c(F)c(F)c2)NC(=O)CSC[C@@H](C(=O)NCC(N)=O)NC(=O)[C@H](CCCN)NC(=O)[C@H](Cc2ccc(O)cc2)NC(=O)[C@H](Cc2c[nH]c3ccccc23)NC(=O)[C@@H](C)N(C)C(=O)[C@H](Cc2ccc(O)cc2)NC(=O)[C@H](Cc2ccccc2)N(C)C1=O. The molecule has 13 atom stereocenters. The molecule has 15 amide bonds. The molecule has 1 aliphatic heterocycles. The van der Waals surface area contributed by atoms with Crippen LogP contribution in [0.2, 0.25) is 0 Å². The molecule has 1 saturated heterocycles. The van der Waals surface area contributed by atoms with E-state index in [1.807, 2.05) is 0 Å². The maximum absolute atomic E-state index is 15.5. The molecule has 1 aliphatic rings. The summed E-state index contributed by atoms with van der Waals surface area (Å²) in [6, 6.07) is 14.8. The second kappa shape index (κ2) is 47.9. The monoisotopic (exact) mass is 1820 g/mol. The molecular weight excluding hydrogens is 1710 g/mol. The third-order valence-corrected chi connectivity index (χ3v) is 23.7. The zero-order valence-corrected chi connectivity index (χ0v) is 74.5. The van der Waals surface area contributed by atoms with Crippen molar-refractivity contribution in [1.82, 2.24) is 77.3 Å². The lowest BCUT2D eigenvalue weighted by Crippen LogP contribution is -2.62. The second-order valence-corrected chi connectivity index (χ2v) is 33.3. The highest BCUT2D eigenvalue weighted by Gasteiger charge is 2.43. The molecule has 0 aliphatic carbocycles. The van der Waals surface area contributed by atoms with Crippen LogP contribution in [-0.2, 0) is 115 Å². The van der Waals surface area contributed by atoms with Crippen LogP contribution in [0.5, 0.6) is 11.5 Å². The van der Waals surface area contributed by atoms with Crippen LogP contribution >= 0.6 is 11.8 Å². The van der Waals surface area contributed by atoms with E-state index >= 15 is 47.1 Å². The van der Waals surface area contributed by atoms with Gasteiger partial charge in [-0.15, -0.1) is 11.8 Å². The fraction of sp³-hybridized carbons (Fsp3) is 0.407. The number of likely N-dealkylation sites (N-methyl/N-ethyl adjacent to an activating group) is 5. The first-order valence-electron chi connectivity index (χ1n) is 42.1. The van der Waals surface area contributed by atoms with Crippen molar-refractivity contribution in [2.45, 2.75) is 171 Å². The van der Waals surface area contributed by atoms with Crippen molar-refractivity contribution in [2.75, 3.05) is 59.8 Å². The van der Waals surface area contributed by atoms with E-state index < -0.39 is 221 Å². The van der Waals surface area contributed by atoms with Gasteiger partial charge in [-0.1, -0.05) is 117 Å². The van der Waals surface area contributed by atoms with Crippen molar-refractivity contribution in [3.05, 3.63) is 203 Å². The van der Waals surface area contributed by atoms with Gasteiger partial charge in [0.25, 0.3) is 0 Å². The number of aldehydes is 1. The van der Waals surface area contributed by atoms with E-state index in [1.165, 1.54) is 105 Å². The van der Waals surface area contributed by atoms with Gasteiger partial charge in [0, 0.05) is 103 Å². The molecule has 35 nitrogen and oxygen atoms in total. The number of nitrogens with one attached hydrogen (secondary N) is 10. The summed E-state index contributed by atoms with van der Waals surface area (Å²) in [5.41, 5.74) is 13.8. The third kappa shape index (κ3) is 28.1. The highest BCUT2D eigenvalue weighted by atomic mass is 32.2. The Balaban J connectivity index is 1.22. The van der Waals surface area contributed by atoms with E-state index in [9.17, 15) is 53.0 Å². The van der Waals surface area contributed by atoms with Crippen LogP contribution in [-0.4, -0.2) is 273 Å². The zero-order chi connectivity index (χ0) is 95.5. The van der Waals surface area contributed by atoms with Crippen molar-refractivity contribution in [3.8, 4) is 11.5 Å². The Kier molecular flexibility index (Phi) is 37.5. The van der Waals surface area contributed by atoms with Crippen LogP contribution in [0.1, 0.15) is 87.3 Å². The minimum Gasteiger partial charge on any atom is -0.508 e. The predicted molar refractivity (Wildman–Crippen MR) is 475 cm³/mol. The van der Waals surface area contributed by atoms with Crippen molar-refractivity contribution in [3.63, 3.8) is 0 Å². The third-order valence-electron chi connectivity index (χ3n) is 22.6. The number of rotatable bonds is 21. The van der Waals surface area contributed by atoms with E-state index in [0.29, 0.717) is 68.9 Å². The molecule has 16 N–H and O–H groups in total. The minimum absolute atomic E-state index is 0.0274. The number of halogens is 3. The number of aromatic amines is 1. The maximum atomic E-state index is 15.5. The molecule has 0 saturated carbocycles. The number of benzene rings is 6. The van der Waals surface area contributed by atoms with Gasteiger partial charge >= 0.3 is 0 Å². The first kappa shape index (κ1) is 102. The number of phenols is 2. The van der Waals surface area contributed by atoms with Gasteiger partial charge in [-0.3, -0.25) is 71.9 Å². The molecule has 0 unspecified atom stereocenters. The van der Waals surface area contributed by atoms with Gasteiger partial charge in [0.1, 0.15) is 96.3 Å². The number of carbonyl (C=O) groups excluding carboxylic acids is 16. The van der Waals surface area contributed by atoms with Gasteiger partial charge in [0.15, 0.2) is 17.5 Å². The fourth-order valence-corrected chi connectivity index (χ4v) is 15.3. The molecular formula is C91H112F3N17O18S. The number of para-hydroxylation sites is 1. The van der Waals surface area contributed by atoms with Crippen molar-refractivity contribution in [2.24, 2.45) is 17.4 Å². The summed E-state index contributed by atoms with van der Waals surface area (Å²) in [6.45, 7) is 6.19. The van der Waals surface area contributed by atoms with Crippen LogP contribution in [0.25, 0.3) is 10.9 Å². The fourth-order valence-electron chi connectivity index (χ4n) is 14.5. The Hall–Kier alpha value is -13.7. The number of H-pyrrole nitrogens is 1. The normalized spacial score (nSPS) is 23.0. The molecule has 0 radical (unpaired) electrons. The van der Waals surface area contributed by atoms with E-state index in [2.05, 4.69) is 52.8 Å². The van der Waals surface area contributed by atoms with Gasteiger partial charge in [-0.05, 0) is 122 Å². The molecule has 7 aromatic rings. The number of phenolic OH excluding ortho intramolecular Hbond substituents is 2. The van der Waals surface area contributed by atoms with Gasteiger partial charge in [0.2, 0.25) is 88.6 Å². The topological polar surface area (TPSA) is 506 Å². The van der Waals surface area contributed by atoms with E-state index in [-0.39, 0.29) is 68.6 Å². The Morgan fingerprint density at radius 3 is 1.48 bits per heavy atom. The van der Waals surface area contributed by atoms with Crippen LogP contribution in [0.4, 0.5) is 13.2 Å². The van der Waals surface area contributed by atoms with E-state index in [4.69, 9.17) is 11.5 Å². The summed E-state index contributed by atoms with van der Waals surface area (Å²) in [5.74, 6) is -22.4. The average Bonchev–Trinajstić information content (AvgIpc) is 1.11. The molecule has 0 spiro atoms. The van der Waals surface area contributed by atoms with Crippen LogP contribution < -0.4 is 59.3 Å². The van der Waals surface area contributed by atoms with Crippen LogP contribution in [0.3, 0.4) is 0 Å². The lowest BCUT2D eigenvalue weighted by atomic mass is 9.98. The number of nitrogens with zero attached hydrogens (tertiary/aromatic N) is 5. The summed E-state index contributed by atoms with van der Waals surface area (Å²) in [6.07, 6.45) is -1.24. The summed E-state index contributed by atoms with van der Waals surface area (Å²) >= 11 is 0.654. The van der Waals surface area contributed by atoms with Gasteiger partial charge in [0.05, 0.1) is 12.3 Å². The molecule has 0 bridgehead atoms. The summed E-state index contributed by atoms with van der Waals surface area (Å²) in [7, 11) is 6.12. The number of amides is 15. The second-order valence-electron chi connectivity index (χ2n) is 32.3. The van der Waals surface area contributed by atoms with Crippen LogP contribution in [0, 0.1) is 23.4 Å². The first-order valence-corrected chi connectivity index (χ1v) is 43.2. The van der Waals surface area contributed by atoms with Crippen LogP contribution in [0.15, 0.2) is 152 Å². The Bertz CT molecular complexity index is 5190. The largest absolute Gasteiger partial charge is 0.508 e. The molecule has 130 heavy (non-hydrogen) atoms. The predicted octanol–water partition coefficient (Wildman–Crippen LogP) is 1.16. The highest BCUT2D eigenvalue weighted by molar-refractivity contribution is 8.00. The maximum Gasteiger partial charge on any atom is 0.246 e. The number of aromatic nitrogens is 1. The summed E-state index contributed by atoms with van der Waals surface area (Å²) < 4.78 is 44.7. The zero-order valence-electron chi connectivity index (χ0n) is 73.6. The molecule has 1 aromatic heterocycles. The number of fused-ring (bicyclic) bond motifs is 1. The van der Waals surface area contributed by atoms with Crippen molar-refractivity contribution in [1.29, 1.82) is 0 Å². The summed E-state index contributed by atoms with van der Waals surface area (Å²) in [4.78, 5) is 242. The Labute approximate surface area is 753 Å². The quantitative estimate of drug-likeness (QED) is 0.0354. The van der Waals surface area contributed by atoms with Gasteiger partial charge < -0.3 is 104 Å². The average molecular weight is 1820 g/mol. The van der Waals surface area contributed by atoms with E-state index in [1.54, 1.807) is 105 Å². The standard InChI is InChI=1S/C91H112F3N17O18S/c1-50(2)78-91(129)110(9)73(43-54-20-13-11-14-21-54)86(124)104-71(41-57-29-33-61(114)34-30-57)88(126)108(7)52(4)80(118)102-69(45-59-46-97-65-25-18-17-24-62(59)65)85(123)103-68(40-56-27-31-60(113)32-28-56)84(122)101-66(26-19-36-95)82(120)105-72(81(119)98-47-75(96)115)48-130-49-76(116)99-70(42-58-38-63(92)77(94)64(93)39-58)89(127)111(10)74(44-55-22-15-12-16-23-55)90(128)109(8)53(5)87(125)107(6)51(3)79(117)100-67(35-37-112)83(121)106-78/h11-18,20-25,27-34,37-39,46,50-53,66-74,78,97,113-114H,19,26,35-36,40-45,47-49,95H2,1-10H3,(H2,96,115)(H,98,119)(H,99,116)(H,100,117)(H,101,122)(H,102,118)(H,103,123)(H,104,124)(H,105,120)(H,106,121)/t51-,52-,53+,66+,67+,68+,69+,70+,71+,72+,73+,74+,78+/m1/s1. The number of carbonyl (C=O) groups is 16. The van der Waals surface area contributed by atoms with E-state index in [0.717, 1.165) is 24.5 Å². The minimum atomic E-state index is -1.87. The van der Waals surface area contributed by atoms with Crippen molar-refractivity contribution < 1.29 is 100 Å². The lowest BCUT2D eigenvalue weighted by Gasteiger charge is -2.36. The molecule has 8 rings (SSSR count). The van der Waals surface area contributed by atoms with Gasteiger partial charge in [-0.2, -0.15) is 0 Å². The molecule has 39 heteroatoms. The number of nitrogens with two attached hydrogens (primary N) is 2. The summed E-state index contributed by atoms with van der Waals surface area (Å²) in [5, 5.41) is 44.8. The molecule has 6 aromatic carbocycles. The number of hydrogen-bond acceptors (Lipinski definition) is 20. The molecule has 696 valence electrons. The van der Waals surface area contributed by atoms with Gasteiger partial charge in [-0.25, -0.2) is 13.2 Å². The van der Waals surface area contributed by atoms with Crippen molar-refractivity contribution >= 4 is 118 Å². The number of thioether (sulfide) groups is 1. The highest BCUT2D eigenvalue weighted by Crippen LogP contribution is 2.25. The first-order chi connectivity index (χ1) is 61.7. The number of hydrogen-bond donors (Lipinski definition) is 14.